The van der Waals surface area contributed by atoms with Gasteiger partial charge in [0.1, 0.15) is 31.5 Å². The lowest BCUT2D eigenvalue weighted by Gasteiger charge is -2.10. The zero-order chi connectivity index (χ0) is 18.4. The van der Waals surface area contributed by atoms with Crippen molar-refractivity contribution in [3.63, 3.8) is 0 Å². The highest BCUT2D eigenvalue weighted by molar-refractivity contribution is 6.32. The first-order valence-electron chi connectivity index (χ1n) is 7.76. The number of nitrogens with one attached hydrogen (secondary N) is 1. The minimum absolute atomic E-state index is 0.218. The number of anilines is 1. The van der Waals surface area contributed by atoms with Gasteiger partial charge in [-0.05, 0) is 24.3 Å². The summed E-state index contributed by atoms with van der Waals surface area (Å²) in [6.45, 7) is -0.218. The Bertz CT molecular complexity index is 920. The fourth-order valence-corrected chi connectivity index (χ4v) is 2.28. The summed E-state index contributed by atoms with van der Waals surface area (Å²) in [7, 11) is 7.26. The number of pyridine rings is 1. The van der Waals surface area contributed by atoms with Gasteiger partial charge in [0.15, 0.2) is 6.61 Å². The minimum atomic E-state index is -0.377. The summed E-state index contributed by atoms with van der Waals surface area (Å²) in [4.78, 5) is 24.3. The molecule has 0 aliphatic rings. The Morgan fingerprint density at radius 2 is 1.92 bits per heavy atom. The van der Waals surface area contributed by atoms with E-state index in [4.69, 9.17) is 17.3 Å². The van der Waals surface area contributed by atoms with Crippen LogP contribution < -0.4 is 20.4 Å². The molecule has 0 saturated carbocycles. The molecular weight excluding hydrogens is 331 g/mol. The molecule has 3 aromatic rings. The highest BCUT2D eigenvalue weighted by Crippen LogP contribution is 2.28. The van der Waals surface area contributed by atoms with E-state index in [9.17, 15) is 4.79 Å². The molecule has 2 radical (unpaired) electrons. The summed E-state index contributed by atoms with van der Waals surface area (Å²) in [6.07, 6.45) is 2.92. The third-order valence-electron chi connectivity index (χ3n) is 3.48. The largest absolute Gasteiger partial charge is 0.496 e. The van der Waals surface area contributed by atoms with Gasteiger partial charge in [0.25, 0.3) is 5.91 Å². The summed E-state index contributed by atoms with van der Waals surface area (Å²) in [6, 6.07) is 12.4. The molecule has 0 atom stereocenters. The molecule has 2 aromatic heterocycles. The van der Waals surface area contributed by atoms with Crippen molar-refractivity contribution in [2.24, 2.45) is 0 Å². The molecule has 0 aliphatic carbocycles. The molecular formula is C18H15BN4O3. The van der Waals surface area contributed by atoms with Crippen molar-refractivity contribution >= 4 is 25.2 Å². The maximum absolute atomic E-state index is 12.1. The van der Waals surface area contributed by atoms with E-state index in [1.165, 1.54) is 6.33 Å². The van der Waals surface area contributed by atoms with Gasteiger partial charge in [0, 0.05) is 23.4 Å². The molecule has 128 valence electrons. The van der Waals surface area contributed by atoms with Gasteiger partial charge in [-0.15, -0.1) is 0 Å². The first-order chi connectivity index (χ1) is 12.7. The van der Waals surface area contributed by atoms with Crippen LogP contribution in [0.1, 0.15) is 0 Å². The molecule has 2 heterocycles. The molecule has 0 aliphatic heterocycles. The maximum Gasteiger partial charge on any atom is 0.263 e. The van der Waals surface area contributed by atoms with E-state index in [2.05, 4.69) is 20.3 Å². The average Bonchev–Trinajstić information content (AvgIpc) is 2.67. The predicted molar refractivity (Wildman–Crippen MR) is 97.8 cm³/mol. The lowest BCUT2D eigenvalue weighted by atomic mass is 10.0. The Morgan fingerprint density at radius 1 is 1.12 bits per heavy atom. The van der Waals surface area contributed by atoms with Crippen molar-refractivity contribution in [2.45, 2.75) is 0 Å². The van der Waals surface area contributed by atoms with E-state index in [1.54, 1.807) is 31.5 Å². The van der Waals surface area contributed by atoms with Crippen molar-refractivity contribution in [3.8, 4) is 22.8 Å². The van der Waals surface area contributed by atoms with E-state index in [0.29, 0.717) is 23.0 Å². The third-order valence-corrected chi connectivity index (χ3v) is 3.48. The standard InChI is InChI=1S/C18H15BN4O3/c1-25-14-6-3-2-5-12(14)13-9-16(22-11-21-13)23-17(24)10-26-15-7-4-8-20-18(15)19/h2-9,11H,10H2,1H3,(H,21,22,23,24). The van der Waals surface area contributed by atoms with E-state index in [0.717, 1.165) is 5.56 Å². The van der Waals surface area contributed by atoms with E-state index in [1.807, 2.05) is 24.3 Å². The fourth-order valence-electron chi connectivity index (χ4n) is 2.28. The van der Waals surface area contributed by atoms with Crippen LogP contribution in [0, 0.1) is 0 Å². The predicted octanol–water partition coefficient (Wildman–Crippen LogP) is 1.36. The number of para-hydroxylation sites is 1. The monoisotopic (exact) mass is 346 g/mol. The van der Waals surface area contributed by atoms with Crippen LogP contribution in [0.15, 0.2) is 55.0 Å². The van der Waals surface area contributed by atoms with Crippen LogP contribution in [-0.2, 0) is 4.79 Å². The van der Waals surface area contributed by atoms with Gasteiger partial charge in [-0.2, -0.15) is 0 Å². The number of carbonyl (C=O) groups is 1. The number of hydrogen-bond acceptors (Lipinski definition) is 6. The third kappa shape index (κ3) is 4.16. The number of rotatable bonds is 6. The quantitative estimate of drug-likeness (QED) is 0.679. The SMILES string of the molecule is [B]c1ncccc1OCC(=O)Nc1cc(-c2ccccc2OC)ncn1. The molecule has 3 rings (SSSR count). The van der Waals surface area contributed by atoms with Crippen molar-refractivity contribution in [3.05, 3.63) is 55.0 Å². The fraction of sp³-hybridized carbons (Fsp3) is 0.111. The second-order valence-electron chi connectivity index (χ2n) is 5.21. The summed E-state index contributed by atoms with van der Waals surface area (Å²) < 4.78 is 10.7. The lowest BCUT2D eigenvalue weighted by Crippen LogP contribution is -2.23. The van der Waals surface area contributed by atoms with Gasteiger partial charge in [-0.3, -0.25) is 9.78 Å². The highest BCUT2D eigenvalue weighted by Gasteiger charge is 2.10. The molecule has 1 aromatic carbocycles. The summed E-state index contributed by atoms with van der Waals surface area (Å²) in [5.74, 6) is 1.01. The van der Waals surface area contributed by atoms with Crippen LogP contribution in [0.4, 0.5) is 5.82 Å². The molecule has 0 unspecified atom stereocenters. The van der Waals surface area contributed by atoms with Gasteiger partial charge < -0.3 is 14.8 Å². The zero-order valence-electron chi connectivity index (χ0n) is 14.0. The van der Waals surface area contributed by atoms with Gasteiger partial charge in [-0.25, -0.2) is 9.97 Å². The Balaban J connectivity index is 1.69. The summed E-state index contributed by atoms with van der Waals surface area (Å²) in [5, 5.41) is 2.66. The molecule has 8 heteroatoms. The summed E-state index contributed by atoms with van der Waals surface area (Å²) >= 11 is 0. The number of aromatic nitrogens is 3. The number of benzene rings is 1. The first-order valence-corrected chi connectivity index (χ1v) is 7.76. The van der Waals surface area contributed by atoms with Gasteiger partial charge in [0.05, 0.1) is 12.8 Å². The topological polar surface area (TPSA) is 86.2 Å². The van der Waals surface area contributed by atoms with Crippen molar-refractivity contribution < 1.29 is 14.3 Å². The molecule has 0 spiro atoms. The smallest absolute Gasteiger partial charge is 0.263 e. The van der Waals surface area contributed by atoms with Crippen LogP contribution in [0.3, 0.4) is 0 Å². The van der Waals surface area contributed by atoms with Crippen LogP contribution in [-0.4, -0.2) is 42.4 Å². The number of nitrogens with zero attached hydrogens (tertiary/aromatic N) is 3. The van der Waals surface area contributed by atoms with Crippen molar-refractivity contribution in [1.82, 2.24) is 15.0 Å². The van der Waals surface area contributed by atoms with Crippen LogP contribution >= 0.6 is 0 Å². The van der Waals surface area contributed by atoms with Gasteiger partial charge in [0.2, 0.25) is 0 Å². The van der Waals surface area contributed by atoms with Crippen LogP contribution in [0.25, 0.3) is 11.3 Å². The number of ether oxygens (including phenoxy) is 2. The minimum Gasteiger partial charge on any atom is -0.496 e. The second kappa shape index (κ2) is 8.11. The van der Waals surface area contributed by atoms with Gasteiger partial charge >= 0.3 is 0 Å². The Labute approximate surface area is 151 Å². The summed E-state index contributed by atoms with van der Waals surface area (Å²) in [5.41, 5.74) is 1.65. The number of methoxy groups -OCH3 is 1. The van der Waals surface area contributed by atoms with Crippen LogP contribution in [0.5, 0.6) is 11.5 Å². The molecule has 1 N–H and O–H groups in total. The average molecular weight is 346 g/mol. The van der Waals surface area contributed by atoms with E-state index < -0.39 is 0 Å². The van der Waals surface area contributed by atoms with Gasteiger partial charge in [-0.1, -0.05) is 12.1 Å². The molecule has 0 bridgehead atoms. The first kappa shape index (κ1) is 17.4. The zero-order valence-corrected chi connectivity index (χ0v) is 14.0. The lowest BCUT2D eigenvalue weighted by molar-refractivity contribution is -0.118. The molecule has 7 nitrogen and oxygen atoms in total. The molecule has 1 amide bonds. The Morgan fingerprint density at radius 3 is 2.73 bits per heavy atom. The van der Waals surface area contributed by atoms with E-state index in [-0.39, 0.29) is 18.1 Å². The van der Waals surface area contributed by atoms with E-state index >= 15 is 0 Å². The Hall–Kier alpha value is -3.42. The number of carbonyl (C=O) groups excluding carboxylic acids is 1. The molecule has 0 fully saturated rings. The van der Waals surface area contributed by atoms with Crippen LogP contribution in [0.2, 0.25) is 0 Å². The second-order valence-corrected chi connectivity index (χ2v) is 5.21. The normalized spacial score (nSPS) is 10.2. The maximum atomic E-state index is 12.1. The molecule has 0 saturated heterocycles. The molecule has 26 heavy (non-hydrogen) atoms. The Kier molecular flexibility index (Phi) is 5.43. The number of hydrogen-bond donors (Lipinski definition) is 1. The van der Waals surface area contributed by atoms with Crippen molar-refractivity contribution in [1.29, 1.82) is 0 Å². The number of amides is 1. The van der Waals surface area contributed by atoms with Crippen molar-refractivity contribution in [2.75, 3.05) is 19.0 Å². The highest BCUT2D eigenvalue weighted by atomic mass is 16.5.